The second kappa shape index (κ2) is 8.18. The van der Waals surface area contributed by atoms with E-state index < -0.39 is 11.5 Å². The molecule has 3 aliphatic rings. The number of allylic oxidation sites excluding steroid dienone is 1. The van der Waals surface area contributed by atoms with Gasteiger partial charge in [-0.05, 0) is 30.7 Å². The third-order valence-electron chi connectivity index (χ3n) is 5.96. The number of carbonyl (C=O) groups is 1. The summed E-state index contributed by atoms with van der Waals surface area (Å²) < 4.78 is 6.06. The molecule has 1 atom stereocenters. The Balaban J connectivity index is 1.52. The summed E-state index contributed by atoms with van der Waals surface area (Å²) >= 11 is 0. The fourth-order valence-corrected chi connectivity index (χ4v) is 4.28. The summed E-state index contributed by atoms with van der Waals surface area (Å²) in [6, 6.07) is 7.77. The Morgan fingerprint density at radius 2 is 2.27 bits per heavy atom. The third-order valence-corrected chi connectivity index (χ3v) is 5.96. The predicted octanol–water partition coefficient (Wildman–Crippen LogP) is 2.28. The van der Waals surface area contributed by atoms with Crippen molar-refractivity contribution in [2.75, 3.05) is 16.8 Å². The summed E-state index contributed by atoms with van der Waals surface area (Å²) in [5, 5.41) is 23.4. The number of benzene rings is 1. The molecule has 5 rings (SSSR count). The van der Waals surface area contributed by atoms with E-state index in [-0.39, 0.29) is 12.2 Å². The Morgan fingerprint density at radius 1 is 1.39 bits per heavy atom. The summed E-state index contributed by atoms with van der Waals surface area (Å²) in [5.41, 5.74) is 3.83. The molecule has 4 N–H and O–H groups in total. The minimum Gasteiger partial charge on any atom is -0.484 e. The van der Waals surface area contributed by atoms with Gasteiger partial charge < -0.3 is 30.8 Å². The minimum absolute atomic E-state index is 0.112. The minimum atomic E-state index is -0.701. The number of nitrogens with zero attached hydrogens (tertiary/aromatic N) is 3. The normalized spacial score (nSPS) is 21.7. The Bertz CT molecular complexity index is 1210. The van der Waals surface area contributed by atoms with Crippen LogP contribution >= 0.6 is 0 Å². The first-order valence-corrected chi connectivity index (χ1v) is 10.7. The number of aliphatic hydroxyl groups excluding tert-OH is 1. The van der Waals surface area contributed by atoms with E-state index in [0.29, 0.717) is 36.8 Å². The first kappa shape index (κ1) is 20.9. The van der Waals surface area contributed by atoms with Gasteiger partial charge in [-0.15, -0.1) is 0 Å². The summed E-state index contributed by atoms with van der Waals surface area (Å²) in [6.45, 7) is 3.00. The lowest BCUT2D eigenvalue weighted by molar-refractivity contribution is -0.112. The molecule has 0 bridgehead atoms. The third kappa shape index (κ3) is 3.87. The molecule has 3 aliphatic heterocycles. The van der Waals surface area contributed by atoms with Gasteiger partial charge in [-0.2, -0.15) is 0 Å². The highest BCUT2D eigenvalue weighted by molar-refractivity contribution is 6.18. The Morgan fingerprint density at radius 3 is 3.00 bits per heavy atom. The zero-order chi connectivity index (χ0) is 23.0. The number of nitrogens with one attached hydrogen (secondary N) is 3. The van der Waals surface area contributed by atoms with Crippen LogP contribution in [0.4, 0.5) is 11.4 Å². The quantitative estimate of drug-likeness (QED) is 0.415. The molecule has 2 aromatic rings. The first-order chi connectivity index (χ1) is 16.0. The molecule has 9 nitrogen and oxygen atoms in total. The molecular weight excluding hydrogens is 420 g/mol. The average Bonchev–Trinajstić information content (AvgIpc) is 3.40. The number of ether oxygens (including phenoxy) is 1. The van der Waals surface area contributed by atoms with E-state index in [4.69, 9.17) is 10.1 Å². The molecule has 1 aromatic heterocycles. The number of hydrogen-bond acceptors (Lipinski definition) is 8. The van der Waals surface area contributed by atoms with Crippen molar-refractivity contribution in [3.8, 4) is 5.75 Å². The van der Waals surface area contributed by atoms with E-state index in [2.05, 4.69) is 25.5 Å². The van der Waals surface area contributed by atoms with Gasteiger partial charge in [0.2, 0.25) is 0 Å². The summed E-state index contributed by atoms with van der Waals surface area (Å²) in [6.07, 6.45) is 8.21. The van der Waals surface area contributed by atoms with Crippen molar-refractivity contribution in [3.05, 3.63) is 71.0 Å². The van der Waals surface area contributed by atoms with Gasteiger partial charge in [0.1, 0.15) is 17.2 Å². The number of rotatable bonds is 5. The summed E-state index contributed by atoms with van der Waals surface area (Å²) in [4.78, 5) is 23.9. The maximum absolute atomic E-state index is 13.2. The van der Waals surface area contributed by atoms with Crippen LogP contribution in [0, 0.1) is 5.41 Å². The van der Waals surface area contributed by atoms with Crippen LogP contribution in [0.15, 0.2) is 59.1 Å². The number of aromatic nitrogens is 1. The van der Waals surface area contributed by atoms with E-state index in [1.54, 1.807) is 24.7 Å². The van der Waals surface area contributed by atoms with Crippen LogP contribution in [-0.2, 0) is 24.3 Å². The van der Waals surface area contributed by atoms with Crippen LogP contribution in [-0.4, -0.2) is 40.6 Å². The number of anilines is 2. The van der Waals surface area contributed by atoms with Gasteiger partial charge in [0, 0.05) is 49.4 Å². The van der Waals surface area contributed by atoms with Crippen molar-refractivity contribution >= 4 is 29.7 Å². The number of hydrogen-bond donors (Lipinski definition) is 4. The maximum atomic E-state index is 13.2. The van der Waals surface area contributed by atoms with Gasteiger partial charge >= 0.3 is 0 Å². The van der Waals surface area contributed by atoms with E-state index in [1.807, 2.05) is 31.2 Å². The zero-order valence-electron chi connectivity index (χ0n) is 18.1. The molecular formula is C24H24N6O3. The number of carbonyl (C=O) groups excluding carboxylic acids is 1. The molecule has 33 heavy (non-hydrogen) atoms. The maximum Gasteiger partial charge on any atom is 0.261 e. The fourth-order valence-electron chi connectivity index (χ4n) is 4.28. The highest BCUT2D eigenvalue weighted by Gasteiger charge is 2.36. The SMILES string of the molecule is C[C@]1(CO)Cc2cc(NC(=O)/C(C=N)=C3\N=CC=CN3)c(N3Cc4cccnc4C3)cc2O1. The van der Waals surface area contributed by atoms with Gasteiger partial charge in [-0.1, -0.05) is 6.07 Å². The highest BCUT2D eigenvalue weighted by Crippen LogP contribution is 2.43. The molecule has 168 valence electrons. The van der Waals surface area contributed by atoms with Crippen molar-refractivity contribution in [2.45, 2.75) is 32.0 Å². The van der Waals surface area contributed by atoms with Crippen LogP contribution < -0.4 is 20.3 Å². The van der Waals surface area contributed by atoms with E-state index in [9.17, 15) is 9.90 Å². The van der Waals surface area contributed by atoms with Crippen molar-refractivity contribution in [2.24, 2.45) is 4.99 Å². The topological polar surface area (TPSA) is 123 Å². The van der Waals surface area contributed by atoms with Gasteiger partial charge in [0.25, 0.3) is 5.91 Å². The Hall–Kier alpha value is -3.98. The van der Waals surface area contributed by atoms with Crippen LogP contribution in [0.1, 0.15) is 23.7 Å². The molecule has 0 saturated heterocycles. The first-order valence-electron chi connectivity index (χ1n) is 10.7. The number of pyridine rings is 1. The second-order valence-corrected chi connectivity index (χ2v) is 8.47. The van der Waals surface area contributed by atoms with Crippen molar-refractivity contribution in [1.82, 2.24) is 10.3 Å². The van der Waals surface area contributed by atoms with Gasteiger partial charge in [-0.25, -0.2) is 4.99 Å². The van der Waals surface area contributed by atoms with Gasteiger partial charge in [0.05, 0.1) is 35.8 Å². The van der Waals surface area contributed by atoms with Crippen LogP contribution in [0.25, 0.3) is 0 Å². The Kier molecular flexibility index (Phi) is 5.18. The van der Waals surface area contributed by atoms with E-state index >= 15 is 0 Å². The molecule has 9 heteroatoms. The number of fused-ring (bicyclic) bond motifs is 2. The lowest BCUT2D eigenvalue weighted by atomic mass is 9.99. The number of amides is 1. The summed E-state index contributed by atoms with van der Waals surface area (Å²) in [7, 11) is 0. The van der Waals surface area contributed by atoms with Crippen molar-refractivity contribution in [3.63, 3.8) is 0 Å². The van der Waals surface area contributed by atoms with Gasteiger partial charge in [0.15, 0.2) is 0 Å². The molecule has 0 saturated carbocycles. The molecule has 4 heterocycles. The van der Waals surface area contributed by atoms with Gasteiger partial charge in [-0.3, -0.25) is 9.78 Å². The van der Waals surface area contributed by atoms with Crippen molar-refractivity contribution in [1.29, 1.82) is 5.41 Å². The van der Waals surface area contributed by atoms with Crippen LogP contribution in [0.2, 0.25) is 0 Å². The number of aliphatic hydroxyl groups is 1. The molecule has 1 amide bonds. The predicted molar refractivity (Wildman–Crippen MR) is 126 cm³/mol. The highest BCUT2D eigenvalue weighted by atomic mass is 16.5. The van der Waals surface area contributed by atoms with E-state index in [0.717, 1.165) is 28.7 Å². The van der Waals surface area contributed by atoms with Crippen molar-refractivity contribution < 1.29 is 14.6 Å². The molecule has 0 spiro atoms. The second-order valence-electron chi connectivity index (χ2n) is 8.47. The average molecular weight is 444 g/mol. The lowest BCUT2D eigenvalue weighted by Crippen LogP contribution is -2.34. The smallest absolute Gasteiger partial charge is 0.261 e. The standard InChI is InChI=1S/C24H24N6O3/c1-24(14-31)10-16-8-18(29-23(32)17(11-25)22-27-6-3-7-28-22)20(9-21(16)33-24)30-12-15-4-2-5-26-19(15)13-30/h2-9,11,25,27,31H,10,12-14H2,1H3,(H,29,32)/b22-17-,25-11?/t24-/m1/s1. The fraction of sp³-hybridized carbons (Fsp3) is 0.250. The molecule has 0 unspecified atom stereocenters. The summed E-state index contributed by atoms with van der Waals surface area (Å²) in [5.74, 6) is 0.555. The zero-order valence-corrected chi connectivity index (χ0v) is 18.1. The molecule has 0 radical (unpaired) electrons. The van der Waals surface area contributed by atoms with Crippen LogP contribution in [0.5, 0.6) is 5.75 Å². The molecule has 1 aromatic carbocycles. The molecule has 0 aliphatic carbocycles. The van der Waals surface area contributed by atoms with E-state index in [1.165, 1.54) is 0 Å². The lowest BCUT2D eigenvalue weighted by Gasteiger charge is -2.23. The largest absolute Gasteiger partial charge is 0.484 e. The monoisotopic (exact) mass is 444 g/mol. The molecule has 0 fully saturated rings. The number of aliphatic imine (C=N–C) groups is 1. The van der Waals surface area contributed by atoms with Crippen LogP contribution in [0.3, 0.4) is 0 Å². The Labute approximate surface area is 191 Å².